The fraction of sp³-hybridized carbons (Fsp3) is 0.222. The van der Waals surface area contributed by atoms with Crippen molar-refractivity contribution in [3.8, 4) is 11.3 Å². The lowest BCUT2D eigenvalue weighted by Crippen LogP contribution is -2.02. The molecule has 134 valence electrons. The molecule has 3 aromatic rings. The molecule has 1 aromatic carbocycles. The van der Waals surface area contributed by atoms with Crippen LogP contribution >= 0.6 is 11.8 Å². The predicted molar refractivity (Wildman–Crippen MR) is 99.3 cm³/mol. The van der Waals surface area contributed by atoms with Gasteiger partial charge in [-0.25, -0.2) is 9.97 Å². The van der Waals surface area contributed by atoms with Gasteiger partial charge in [-0.2, -0.15) is 0 Å². The molecule has 0 aliphatic heterocycles. The third-order valence-corrected chi connectivity index (χ3v) is 4.32. The number of nitrogens with one attached hydrogen (secondary N) is 1. The monoisotopic (exact) mass is 370 g/mol. The number of para-hydroxylation sites is 1. The number of benzene rings is 1. The molecule has 1 N–H and O–H groups in total. The van der Waals surface area contributed by atoms with Gasteiger partial charge >= 0.3 is 5.97 Å². The Morgan fingerprint density at radius 3 is 2.85 bits per heavy atom. The molecule has 0 spiro atoms. The number of ether oxygens (including phenoxy) is 1. The van der Waals surface area contributed by atoms with E-state index in [1.165, 1.54) is 18.7 Å². The molecule has 0 saturated carbocycles. The van der Waals surface area contributed by atoms with Gasteiger partial charge in [-0.15, -0.1) is 0 Å². The molecule has 26 heavy (non-hydrogen) atoms. The molecule has 2 aromatic heterocycles. The van der Waals surface area contributed by atoms with Crippen molar-refractivity contribution in [2.75, 3.05) is 17.7 Å². The molecule has 0 aliphatic rings. The number of nitrogens with zero attached hydrogens (tertiary/aromatic N) is 3. The largest absolute Gasteiger partial charge is 0.465 e. The van der Waals surface area contributed by atoms with Crippen LogP contribution in [0.4, 0.5) is 11.6 Å². The van der Waals surface area contributed by atoms with Crippen LogP contribution in [0.15, 0.2) is 52.1 Å². The summed E-state index contributed by atoms with van der Waals surface area (Å²) in [7, 11) is 0. The Hall–Kier alpha value is -2.87. The lowest BCUT2D eigenvalue weighted by atomic mass is 10.2. The molecule has 0 saturated heterocycles. The predicted octanol–water partition coefficient (Wildman–Crippen LogP) is 3.84. The Kier molecular flexibility index (Phi) is 5.85. The second-order valence-electron chi connectivity index (χ2n) is 5.36. The number of carbonyl (C=O) groups is 1. The summed E-state index contributed by atoms with van der Waals surface area (Å²) in [6.07, 6.45) is 1.69. The van der Waals surface area contributed by atoms with Gasteiger partial charge < -0.3 is 14.6 Å². The van der Waals surface area contributed by atoms with Crippen LogP contribution < -0.4 is 5.32 Å². The molecule has 2 heterocycles. The fourth-order valence-corrected chi connectivity index (χ4v) is 3.12. The van der Waals surface area contributed by atoms with Crippen molar-refractivity contribution in [1.82, 2.24) is 15.1 Å². The van der Waals surface area contributed by atoms with Gasteiger partial charge in [0.05, 0.1) is 11.3 Å². The lowest BCUT2D eigenvalue weighted by Gasteiger charge is -2.07. The summed E-state index contributed by atoms with van der Waals surface area (Å²) in [6.45, 7) is 3.54. The van der Waals surface area contributed by atoms with Gasteiger partial charge in [-0.1, -0.05) is 35.1 Å². The van der Waals surface area contributed by atoms with Crippen LogP contribution in [-0.2, 0) is 9.53 Å². The molecule has 0 unspecified atom stereocenters. The first-order valence-electron chi connectivity index (χ1n) is 8.01. The number of hydrogen-bond donors (Lipinski definition) is 1. The number of rotatable bonds is 7. The average molecular weight is 370 g/mol. The fourth-order valence-electron chi connectivity index (χ4n) is 2.27. The summed E-state index contributed by atoms with van der Waals surface area (Å²) in [5.74, 6) is 1.45. The van der Waals surface area contributed by atoms with E-state index in [0.717, 1.165) is 11.3 Å². The molecule has 3 rings (SSSR count). The van der Waals surface area contributed by atoms with E-state index in [0.29, 0.717) is 34.8 Å². The van der Waals surface area contributed by atoms with E-state index >= 15 is 0 Å². The molecule has 0 bridgehead atoms. The number of hydrogen-bond acceptors (Lipinski definition) is 8. The van der Waals surface area contributed by atoms with E-state index < -0.39 is 0 Å². The van der Waals surface area contributed by atoms with Gasteiger partial charge in [0.2, 0.25) is 5.95 Å². The van der Waals surface area contributed by atoms with Crippen molar-refractivity contribution in [2.24, 2.45) is 0 Å². The van der Waals surface area contributed by atoms with E-state index in [1.54, 1.807) is 6.20 Å². The maximum Gasteiger partial charge on any atom is 0.302 e. The molecule has 8 heteroatoms. The van der Waals surface area contributed by atoms with Crippen molar-refractivity contribution in [3.63, 3.8) is 0 Å². The quantitative estimate of drug-likeness (QED) is 0.381. The highest BCUT2D eigenvalue weighted by Crippen LogP contribution is 2.33. The van der Waals surface area contributed by atoms with Crippen LogP contribution in [-0.4, -0.2) is 33.5 Å². The Morgan fingerprint density at radius 1 is 1.27 bits per heavy atom. The Morgan fingerprint density at radius 2 is 2.08 bits per heavy atom. The summed E-state index contributed by atoms with van der Waals surface area (Å²) in [5.41, 5.74) is 2.44. The SMILES string of the molecule is CC(=O)OCCSc1noc(C)c1-c1ccnc(Nc2ccccc2)n1. The van der Waals surface area contributed by atoms with Crippen LogP contribution in [0.1, 0.15) is 12.7 Å². The number of aromatic nitrogens is 3. The van der Waals surface area contributed by atoms with Crippen molar-refractivity contribution in [2.45, 2.75) is 18.9 Å². The second-order valence-corrected chi connectivity index (χ2v) is 6.45. The summed E-state index contributed by atoms with van der Waals surface area (Å²) < 4.78 is 10.3. The highest BCUT2D eigenvalue weighted by molar-refractivity contribution is 7.99. The topological polar surface area (TPSA) is 90.1 Å². The van der Waals surface area contributed by atoms with E-state index in [2.05, 4.69) is 20.4 Å². The first-order chi connectivity index (χ1) is 12.6. The normalized spacial score (nSPS) is 10.5. The van der Waals surface area contributed by atoms with Crippen LogP contribution in [0.25, 0.3) is 11.3 Å². The second kappa shape index (κ2) is 8.48. The van der Waals surface area contributed by atoms with Crippen molar-refractivity contribution in [3.05, 3.63) is 48.4 Å². The number of aryl methyl sites for hydroxylation is 1. The molecule has 7 nitrogen and oxygen atoms in total. The van der Waals surface area contributed by atoms with Crippen LogP contribution in [0.5, 0.6) is 0 Å². The molecule has 0 aliphatic carbocycles. The third-order valence-electron chi connectivity index (χ3n) is 3.40. The van der Waals surface area contributed by atoms with Gasteiger partial charge in [0, 0.05) is 24.6 Å². The number of anilines is 2. The molecule has 0 fully saturated rings. The van der Waals surface area contributed by atoms with Crippen LogP contribution in [0.2, 0.25) is 0 Å². The Bertz CT molecular complexity index is 883. The van der Waals surface area contributed by atoms with Gasteiger partial charge in [0.15, 0.2) is 0 Å². The van der Waals surface area contributed by atoms with Crippen molar-refractivity contribution in [1.29, 1.82) is 0 Å². The smallest absolute Gasteiger partial charge is 0.302 e. The van der Waals surface area contributed by atoms with Crippen LogP contribution in [0.3, 0.4) is 0 Å². The van der Waals surface area contributed by atoms with Gasteiger partial charge in [0.1, 0.15) is 17.4 Å². The zero-order chi connectivity index (χ0) is 18.4. The van der Waals surface area contributed by atoms with Crippen molar-refractivity contribution >= 4 is 29.4 Å². The van der Waals surface area contributed by atoms with Gasteiger partial charge in [0.25, 0.3) is 0 Å². The average Bonchev–Trinajstić information content (AvgIpc) is 3.00. The summed E-state index contributed by atoms with van der Waals surface area (Å²) in [4.78, 5) is 19.7. The molecular formula is C18H18N4O3S. The molecule has 0 amide bonds. The first kappa shape index (κ1) is 17.9. The van der Waals surface area contributed by atoms with Crippen LogP contribution in [0, 0.1) is 6.92 Å². The number of carbonyl (C=O) groups excluding carboxylic acids is 1. The minimum Gasteiger partial charge on any atom is -0.465 e. The first-order valence-corrected chi connectivity index (χ1v) is 9.00. The number of esters is 1. The highest BCUT2D eigenvalue weighted by Gasteiger charge is 2.17. The summed E-state index contributed by atoms with van der Waals surface area (Å²) >= 11 is 1.45. The number of thioether (sulfide) groups is 1. The van der Waals surface area contributed by atoms with E-state index in [9.17, 15) is 4.79 Å². The Balaban J connectivity index is 1.77. The lowest BCUT2D eigenvalue weighted by molar-refractivity contribution is -0.140. The minimum absolute atomic E-state index is 0.297. The van der Waals surface area contributed by atoms with Gasteiger partial charge in [-0.3, -0.25) is 4.79 Å². The maximum atomic E-state index is 10.8. The third kappa shape index (κ3) is 4.60. The summed E-state index contributed by atoms with van der Waals surface area (Å²) in [6, 6.07) is 11.5. The zero-order valence-electron chi connectivity index (χ0n) is 14.4. The molecular weight excluding hydrogens is 352 g/mol. The van der Waals surface area contributed by atoms with Gasteiger partial charge in [-0.05, 0) is 25.1 Å². The molecule has 0 radical (unpaired) electrons. The standard InChI is InChI=1S/C18H18N4O3S/c1-12-16(17(22-25-12)26-11-10-24-13(2)23)15-8-9-19-18(21-15)20-14-6-4-3-5-7-14/h3-9H,10-11H2,1-2H3,(H,19,20,21). The van der Waals surface area contributed by atoms with Crippen molar-refractivity contribution < 1.29 is 14.1 Å². The Labute approximate surface area is 155 Å². The summed E-state index contributed by atoms with van der Waals surface area (Å²) in [5, 5.41) is 7.97. The highest BCUT2D eigenvalue weighted by atomic mass is 32.2. The van der Waals surface area contributed by atoms with E-state index in [-0.39, 0.29) is 5.97 Å². The maximum absolute atomic E-state index is 10.8. The van der Waals surface area contributed by atoms with E-state index in [1.807, 2.05) is 43.3 Å². The zero-order valence-corrected chi connectivity index (χ0v) is 15.2. The van der Waals surface area contributed by atoms with E-state index in [4.69, 9.17) is 9.26 Å². The molecule has 0 atom stereocenters. The minimum atomic E-state index is -0.297.